The SMILES string of the molecule is COC(=O)c1cc(NCc2nccs2)cc(Br)c1F. The van der Waals surface area contributed by atoms with Gasteiger partial charge >= 0.3 is 5.97 Å². The lowest BCUT2D eigenvalue weighted by atomic mass is 10.2. The molecule has 0 aliphatic rings. The zero-order valence-electron chi connectivity index (χ0n) is 9.94. The smallest absolute Gasteiger partial charge is 0.340 e. The topological polar surface area (TPSA) is 51.2 Å². The van der Waals surface area contributed by atoms with Crippen molar-refractivity contribution in [1.82, 2.24) is 4.98 Å². The van der Waals surface area contributed by atoms with Crippen LogP contribution in [0, 0.1) is 5.82 Å². The molecule has 0 spiro atoms. The number of ether oxygens (including phenoxy) is 1. The lowest BCUT2D eigenvalue weighted by Crippen LogP contribution is -2.07. The van der Waals surface area contributed by atoms with Gasteiger partial charge in [0.15, 0.2) is 5.82 Å². The number of carbonyl (C=O) groups excluding carboxylic acids is 1. The summed E-state index contributed by atoms with van der Waals surface area (Å²) in [5.74, 6) is -1.34. The average Bonchev–Trinajstić information content (AvgIpc) is 2.92. The molecule has 0 unspecified atom stereocenters. The van der Waals surface area contributed by atoms with Crippen LogP contribution in [0.15, 0.2) is 28.2 Å². The third-order valence-electron chi connectivity index (χ3n) is 2.36. The summed E-state index contributed by atoms with van der Waals surface area (Å²) in [7, 11) is 1.21. The quantitative estimate of drug-likeness (QED) is 0.863. The van der Waals surface area contributed by atoms with Crippen LogP contribution in [-0.2, 0) is 11.3 Å². The summed E-state index contributed by atoms with van der Waals surface area (Å²) in [6.07, 6.45) is 1.71. The number of benzene rings is 1. The van der Waals surface area contributed by atoms with E-state index in [1.54, 1.807) is 12.3 Å². The van der Waals surface area contributed by atoms with E-state index in [0.29, 0.717) is 12.2 Å². The molecule has 2 aromatic rings. The summed E-state index contributed by atoms with van der Waals surface area (Å²) in [5, 5.41) is 5.85. The summed E-state index contributed by atoms with van der Waals surface area (Å²) in [6, 6.07) is 2.98. The maximum absolute atomic E-state index is 13.7. The molecule has 1 heterocycles. The van der Waals surface area contributed by atoms with Crippen LogP contribution in [0.2, 0.25) is 0 Å². The number of hydrogen-bond acceptors (Lipinski definition) is 5. The fourth-order valence-corrected chi connectivity index (χ4v) is 2.48. The van der Waals surface area contributed by atoms with E-state index in [9.17, 15) is 9.18 Å². The van der Waals surface area contributed by atoms with Gasteiger partial charge in [0.2, 0.25) is 0 Å². The van der Waals surface area contributed by atoms with E-state index < -0.39 is 11.8 Å². The van der Waals surface area contributed by atoms with Crippen LogP contribution in [-0.4, -0.2) is 18.1 Å². The van der Waals surface area contributed by atoms with Gasteiger partial charge in [-0.1, -0.05) is 0 Å². The number of hydrogen-bond donors (Lipinski definition) is 1. The minimum atomic E-state index is -0.712. The molecule has 0 bridgehead atoms. The minimum absolute atomic E-state index is 0.112. The second-order valence-corrected chi connectivity index (χ2v) is 5.42. The summed E-state index contributed by atoms with van der Waals surface area (Å²) >= 11 is 4.59. The van der Waals surface area contributed by atoms with E-state index in [0.717, 1.165) is 5.01 Å². The van der Waals surface area contributed by atoms with Crippen molar-refractivity contribution in [3.05, 3.63) is 44.6 Å². The molecule has 4 nitrogen and oxygen atoms in total. The molecule has 0 saturated carbocycles. The van der Waals surface area contributed by atoms with Crippen molar-refractivity contribution in [3.63, 3.8) is 0 Å². The number of halogens is 2. The van der Waals surface area contributed by atoms with Gasteiger partial charge in [0.1, 0.15) is 5.01 Å². The summed E-state index contributed by atoms with van der Waals surface area (Å²) in [4.78, 5) is 15.6. The van der Waals surface area contributed by atoms with Crippen molar-refractivity contribution in [2.75, 3.05) is 12.4 Å². The first-order valence-electron chi connectivity index (χ1n) is 5.31. The number of methoxy groups -OCH3 is 1. The Morgan fingerprint density at radius 1 is 1.58 bits per heavy atom. The largest absolute Gasteiger partial charge is 0.465 e. The maximum atomic E-state index is 13.7. The van der Waals surface area contributed by atoms with Gasteiger partial charge < -0.3 is 10.1 Å². The molecule has 0 amide bonds. The molecule has 1 N–H and O–H groups in total. The first-order valence-corrected chi connectivity index (χ1v) is 6.98. The maximum Gasteiger partial charge on any atom is 0.340 e. The van der Waals surface area contributed by atoms with Gasteiger partial charge in [-0.15, -0.1) is 11.3 Å². The average molecular weight is 345 g/mol. The summed E-state index contributed by atoms with van der Waals surface area (Å²) in [6.45, 7) is 0.510. The Hall–Kier alpha value is -1.47. The molecule has 0 fully saturated rings. The summed E-state index contributed by atoms with van der Waals surface area (Å²) < 4.78 is 18.5. The van der Waals surface area contributed by atoms with Crippen molar-refractivity contribution in [2.24, 2.45) is 0 Å². The van der Waals surface area contributed by atoms with E-state index in [1.807, 2.05) is 5.38 Å². The van der Waals surface area contributed by atoms with Gasteiger partial charge in [-0.3, -0.25) is 0 Å². The van der Waals surface area contributed by atoms with Crippen LogP contribution in [0.5, 0.6) is 0 Å². The van der Waals surface area contributed by atoms with Gasteiger partial charge in [0.05, 0.1) is 23.7 Å². The molecular formula is C12H10BrFN2O2S. The standard InChI is InChI=1S/C12H10BrFN2O2S/c1-18-12(17)8-4-7(5-9(13)11(8)14)16-6-10-15-2-3-19-10/h2-5,16H,6H2,1H3. The van der Waals surface area contributed by atoms with Crippen LogP contribution in [0.1, 0.15) is 15.4 Å². The number of thiazole rings is 1. The van der Waals surface area contributed by atoms with E-state index >= 15 is 0 Å². The zero-order chi connectivity index (χ0) is 13.8. The Bertz CT molecular complexity index is 590. The molecule has 2 rings (SSSR count). The first-order chi connectivity index (χ1) is 9.11. The lowest BCUT2D eigenvalue weighted by Gasteiger charge is -2.09. The molecule has 1 aromatic carbocycles. The predicted octanol–water partition coefficient (Wildman–Crippen LogP) is 3.44. The number of rotatable bonds is 4. The number of carbonyl (C=O) groups is 1. The second kappa shape index (κ2) is 6.12. The molecule has 100 valence electrons. The Labute approximate surface area is 121 Å². The normalized spacial score (nSPS) is 10.3. The number of nitrogens with zero attached hydrogens (tertiary/aromatic N) is 1. The fourth-order valence-electron chi connectivity index (χ4n) is 1.47. The highest BCUT2D eigenvalue weighted by Crippen LogP contribution is 2.25. The predicted molar refractivity (Wildman–Crippen MR) is 74.9 cm³/mol. The van der Waals surface area contributed by atoms with Crippen molar-refractivity contribution < 1.29 is 13.9 Å². The van der Waals surface area contributed by atoms with E-state index in [2.05, 4.69) is 31.0 Å². The highest BCUT2D eigenvalue weighted by atomic mass is 79.9. The van der Waals surface area contributed by atoms with Gasteiger partial charge in [-0.2, -0.15) is 0 Å². The van der Waals surface area contributed by atoms with E-state index in [-0.39, 0.29) is 10.0 Å². The molecular weight excluding hydrogens is 335 g/mol. The van der Waals surface area contributed by atoms with Gasteiger partial charge in [0, 0.05) is 17.3 Å². The molecule has 7 heteroatoms. The number of nitrogens with one attached hydrogen (secondary N) is 1. The molecule has 0 atom stereocenters. The highest BCUT2D eigenvalue weighted by molar-refractivity contribution is 9.10. The molecule has 19 heavy (non-hydrogen) atoms. The zero-order valence-corrected chi connectivity index (χ0v) is 12.3. The monoisotopic (exact) mass is 344 g/mol. The third-order valence-corrected chi connectivity index (χ3v) is 3.72. The Balaban J connectivity index is 2.21. The first kappa shape index (κ1) is 14.0. The Morgan fingerprint density at radius 2 is 2.37 bits per heavy atom. The van der Waals surface area contributed by atoms with E-state index in [4.69, 9.17) is 0 Å². The molecule has 0 saturated heterocycles. The lowest BCUT2D eigenvalue weighted by molar-refractivity contribution is 0.0595. The molecule has 1 aromatic heterocycles. The minimum Gasteiger partial charge on any atom is -0.465 e. The molecule has 0 aliphatic carbocycles. The van der Waals surface area contributed by atoms with Crippen molar-refractivity contribution >= 4 is 38.9 Å². The van der Waals surface area contributed by atoms with Crippen LogP contribution < -0.4 is 5.32 Å². The van der Waals surface area contributed by atoms with Crippen LogP contribution >= 0.6 is 27.3 Å². The molecule has 0 radical (unpaired) electrons. The van der Waals surface area contributed by atoms with E-state index in [1.165, 1.54) is 24.5 Å². The van der Waals surface area contributed by atoms with Crippen molar-refractivity contribution in [1.29, 1.82) is 0 Å². The van der Waals surface area contributed by atoms with Gasteiger partial charge in [-0.05, 0) is 28.1 Å². The van der Waals surface area contributed by atoms with Crippen molar-refractivity contribution in [3.8, 4) is 0 Å². The number of anilines is 1. The van der Waals surface area contributed by atoms with Crippen LogP contribution in [0.4, 0.5) is 10.1 Å². The van der Waals surface area contributed by atoms with Gasteiger partial charge in [0.25, 0.3) is 0 Å². The second-order valence-electron chi connectivity index (χ2n) is 3.59. The Morgan fingerprint density at radius 3 is 3.00 bits per heavy atom. The fraction of sp³-hybridized carbons (Fsp3) is 0.167. The van der Waals surface area contributed by atoms with Crippen LogP contribution in [0.3, 0.4) is 0 Å². The van der Waals surface area contributed by atoms with Crippen molar-refractivity contribution in [2.45, 2.75) is 6.54 Å². The van der Waals surface area contributed by atoms with Crippen LogP contribution in [0.25, 0.3) is 0 Å². The highest BCUT2D eigenvalue weighted by Gasteiger charge is 2.16. The molecule has 0 aliphatic heterocycles. The third kappa shape index (κ3) is 3.30. The summed E-state index contributed by atoms with van der Waals surface area (Å²) in [5.41, 5.74) is 0.502. The Kier molecular flexibility index (Phi) is 4.49. The number of esters is 1. The number of aromatic nitrogens is 1. The van der Waals surface area contributed by atoms with Gasteiger partial charge in [-0.25, -0.2) is 14.2 Å².